The second kappa shape index (κ2) is 10.2. The summed E-state index contributed by atoms with van der Waals surface area (Å²) in [6, 6.07) is 7.46. The molecule has 1 saturated carbocycles. The number of nitriles is 1. The first-order chi connectivity index (χ1) is 15.6. The minimum Gasteiger partial charge on any atom is -0.495 e. The lowest BCUT2D eigenvalue weighted by atomic mass is 9.74. The largest absolute Gasteiger partial charge is 0.495 e. The van der Waals surface area contributed by atoms with Crippen molar-refractivity contribution in [2.45, 2.75) is 43.4 Å². The number of aromatic nitrogens is 2. The summed E-state index contributed by atoms with van der Waals surface area (Å²) in [7, 11) is 1.53. The van der Waals surface area contributed by atoms with E-state index in [9.17, 15) is 4.79 Å². The number of nitrogens with zero attached hydrogens (tertiary/aromatic N) is 3. The van der Waals surface area contributed by atoms with Crippen LogP contribution in [0.25, 0.3) is 0 Å². The fraction of sp³-hybridized carbons (Fsp3) is 0.478. The van der Waals surface area contributed by atoms with Gasteiger partial charge >= 0.3 is 0 Å². The molecule has 168 valence electrons. The highest BCUT2D eigenvalue weighted by Crippen LogP contribution is 2.37. The molecule has 4 rings (SSSR count). The van der Waals surface area contributed by atoms with Crippen LogP contribution in [0.5, 0.6) is 5.75 Å². The SMILES string of the molecule is COc1cc(NCC2CC3CC(Cl)C(OCc4cnccn4)CC3NC2=O)ccc1C#N. The minimum atomic E-state index is -0.154. The first-order valence-electron chi connectivity index (χ1n) is 10.7. The zero-order valence-corrected chi connectivity index (χ0v) is 18.6. The number of methoxy groups -OCH3 is 1. The summed E-state index contributed by atoms with van der Waals surface area (Å²) in [5.74, 6) is 0.711. The molecular weight excluding hydrogens is 430 g/mol. The Morgan fingerprint density at radius 2 is 2.19 bits per heavy atom. The fourth-order valence-electron chi connectivity index (χ4n) is 4.49. The number of halogens is 1. The van der Waals surface area contributed by atoms with Gasteiger partial charge in [-0.05, 0) is 37.3 Å². The van der Waals surface area contributed by atoms with Gasteiger partial charge in [0.05, 0.1) is 48.6 Å². The number of piperidine rings is 1. The number of carbonyl (C=O) groups is 1. The van der Waals surface area contributed by atoms with Crippen molar-refractivity contribution in [1.82, 2.24) is 15.3 Å². The highest BCUT2D eigenvalue weighted by molar-refractivity contribution is 6.21. The Hall–Kier alpha value is -2.89. The Balaban J connectivity index is 1.31. The molecule has 0 bridgehead atoms. The van der Waals surface area contributed by atoms with Crippen molar-refractivity contribution >= 4 is 23.2 Å². The number of benzene rings is 1. The minimum absolute atomic E-state index is 0.0417. The van der Waals surface area contributed by atoms with Crippen molar-refractivity contribution in [1.29, 1.82) is 5.26 Å². The van der Waals surface area contributed by atoms with Gasteiger partial charge in [-0.1, -0.05) is 0 Å². The molecule has 8 nitrogen and oxygen atoms in total. The Labute approximate surface area is 192 Å². The number of rotatable bonds is 7. The molecule has 0 spiro atoms. The highest BCUT2D eigenvalue weighted by Gasteiger charge is 2.43. The summed E-state index contributed by atoms with van der Waals surface area (Å²) in [5, 5.41) is 15.5. The van der Waals surface area contributed by atoms with Gasteiger partial charge in [0, 0.05) is 36.7 Å². The number of nitrogens with one attached hydrogen (secondary N) is 2. The van der Waals surface area contributed by atoms with Crippen LogP contribution >= 0.6 is 11.6 Å². The van der Waals surface area contributed by atoms with E-state index in [4.69, 9.17) is 26.3 Å². The van der Waals surface area contributed by atoms with Crippen LogP contribution < -0.4 is 15.4 Å². The summed E-state index contributed by atoms with van der Waals surface area (Å²) >= 11 is 6.66. The molecule has 5 atom stereocenters. The molecule has 2 fully saturated rings. The van der Waals surface area contributed by atoms with Crippen molar-refractivity contribution in [3.8, 4) is 11.8 Å². The lowest BCUT2D eigenvalue weighted by Crippen LogP contribution is -2.56. The van der Waals surface area contributed by atoms with Gasteiger partial charge in [-0.3, -0.25) is 14.8 Å². The Morgan fingerprint density at radius 1 is 1.31 bits per heavy atom. The normalized spacial score (nSPS) is 27.0. The Morgan fingerprint density at radius 3 is 2.94 bits per heavy atom. The zero-order chi connectivity index (χ0) is 22.5. The summed E-state index contributed by atoms with van der Waals surface area (Å²) in [6.07, 6.45) is 7.06. The lowest BCUT2D eigenvalue weighted by Gasteiger charge is -2.44. The third-order valence-electron chi connectivity index (χ3n) is 6.21. The van der Waals surface area contributed by atoms with Crippen molar-refractivity contribution in [2.24, 2.45) is 11.8 Å². The van der Waals surface area contributed by atoms with Crippen LogP contribution in [0.2, 0.25) is 0 Å². The number of hydrogen-bond donors (Lipinski definition) is 2. The van der Waals surface area contributed by atoms with Crippen LogP contribution in [0.15, 0.2) is 36.8 Å². The van der Waals surface area contributed by atoms with E-state index in [0.717, 1.165) is 24.2 Å². The van der Waals surface area contributed by atoms with Crippen molar-refractivity contribution < 1.29 is 14.3 Å². The molecule has 0 radical (unpaired) electrons. The average molecular weight is 456 g/mol. The summed E-state index contributed by atoms with van der Waals surface area (Å²) in [4.78, 5) is 21.0. The second-order valence-corrected chi connectivity index (χ2v) is 8.81. The van der Waals surface area contributed by atoms with E-state index in [1.807, 2.05) is 6.07 Å². The monoisotopic (exact) mass is 455 g/mol. The number of alkyl halides is 1. The van der Waals surface area contributed by atoms with Gasteiger partial charge in [-0.15, -0.1) is 11.6 Å². The van der Waals surface area contributed by atoms with Crippen LogP contribution in [0.3, 0.4) is 0 Å². The molecule has 2 aromatic rings. The van der Waals surface area contributed by atoms with Crippen LogP contribution in [0.4, 0.5) is 5.69 Å². The summed E-state index contributed by atoms with van der Waals surface area (Å²) in [6.45, 7) is 0.858. The van der Waals surface area contributed by atoms with Crippen molar-refractivity contribution in [2.75, 3.05) is 19.0 Å². The van der Waals surface area contributed by atoms with Crippen LogP contribution in [-0.2, 0) is 16.1 Å². The van der Waals surface area contributed by atoms with Gasteiger partial charge in [0.25, 0.3) is 0 Å². The third kappa shape index (κ3) is 5.12. The molecule has 1 aromatic heterocycles. The average Bonchev–Trinajstić information content (AvgIpc) is 2.82. The van der Waals surface area contributed by atoms with Crippen LogP contribution in [-0.4, -0.2) is 47.1 Å². The van der Waals surface area contributed by atoms with Gasteiger partial charge < -0.3 is 20.1 Å². The number of amides is 1. The fourth-order valence-corrected chi connectivity index (χ4v) is 4.89. The van der Waals surface area contributed by atoms with E-state index in [2.05, 4.69) is 26.7 Å². The first kappa shape index (κ1) is 22.3. The van der Waals surface area contributed by atoms with E-state index in [1.165, 1.54) is 7.11 Å². The molecule has 2 heterocycles. The van der Waals surface area contributed by atoms with E-state index in [-0.39, 0.29) is 29.3 Å². The Kier molecular flexibility index (Phi) is 7.08. The van der Waals surface area contributed by atoms with Gasteiger partial charge in [0.1, 0.15) is 11.8 Å². The predicted molar refractivity (Wildman–Crippen MR) is 119 cm³/mol. The number of anilines is 1. The van der Waals surface area contributed by atoms with E-state index >= 15 is 0 Å². The topological polar surface area (TPSA) is 109 Å². The molecular formula is C23H26ClN5O3. The Bertz CT molecular complexity index is 983. The maximum atomic E-state index is 12.8. The maximum absolute atomic E-state index is 12.8. The van der Waals surface area contributed by atoms with Gasteiger partial charge in [-0.2, -0.15) is 5.26 Å². The molecule has 1 aromatic carbocycles. The number of hydrogen-bond acceptors (Lipinski definition) is 7. The maximum Gasteiger partial charge on any atom is 0.225 e. The van der Waals surface area contributed by atoms with Crippen LogP contribution in [0, 0.1) is 23.2 Å². The van der Waals surface area contributed by atoms with Crippen molar-refractivity contribution in [3.05, 3.63) is 48.0 Å². The van der Waals surface area contributed by atoms with E-state index < -0.39 is 0 Å². The number of carbonyl (C=O) groups excluding carboxylic acids is 1. The highest BCUT2D eigenvalue weighted by atomic mass is 35.5. The summed E-state index contributed by atoms with van der Waals surface area (Å²) < 4.78 is 11.3. The molecule has 5 unspecified atom stereocenters. The van der Waals surface area contributed by atoms with Crippen molar-refractivity contribution in [3.63, 3.8) is 0 Å². The van der Waals surface area contributed by atoms with E-state index in [1.54, 1.807) is 30.7 Å². The van der Waals surface area contributed by atoms with Gasteiger partial charge in [0.15, 0.2) is 0 Å². The molecule has 2 aliphatic rings. The molecule has 9 heteroatoms. The first-order valence-corrected chi connectivity index (χ1v) is 11.1. The molecule has 1 aliphatic heterocycles. The molecule has 32 heavy (non-hydrogen) atoms. The number of fused-ring (bicyclic) bond motifs is 1. The van der Waals surface area contributed by atoms with E-state index in [0.29, 0.717) is 36.8 Å². The molecule has 1 saturated heterocycles. The van der Waals surface area contributed by atoms with Crippen LogP contribution in [0.1, 0.15) is 30.5 Å². The van der Waals surface area contributed by atoms with Gasteiger partial charge in [0.2, 0.25) is 5.91 Å². The lowest BCUT2D eigenvalue weighted by molar-refractivity contribution is -0.130. The third-order valence-corrected chi connectivity index (χ3v) is 6.67. The molecule has 1 aliphatic carbocycles. The zero-order valence-electron chi connectivity index (χ0n) is 17.8. The quantitative estimate of drug-likeness (QED) is 0.618. The predicted octanol–water partition coefficient (Wildman–Crippen LogP) is 2.88. The number of ether oxygens (including phenoxy) is 2. The smallest absolute Gasteiger partial charge is 0.225 e. The molecule has 1 amide bonds. The standard InChI is InChI=1S/C23H26ClN5O3/c1-31-21-8-17(3-2-14(21)10-25)28-11-16-6-15-7-19(24)22(9-20(15)29-23(16)30)32-13-18-12-26-4-5-27-18/h2-5,8,12,15-16,19-20,22,28H,6-7,9,11,13H2,1H3,(H,29,30). The van der Waals surface area contributed by atoms with Gasteiger partial charge in [-0.25, -0.2) is 0 Å². The summed E-state index contributed by atoms with van der Waals surface area (Å²) in [5.41, 5.74) is 2.05. The molecule has 2 N–H and O–H groups in total. The second-order valence-electron chi connectivity index (χ2n) is 8.25.